The van der Waals surface area contributed by atoms with Crippen molar-refractivity contribution in [1.82, 2.24) is 0 Å². The van der Waals surface area contributed by atoms with Crippen molar-refractivity contribution in [2.24, 2.45) is 28.6 Å². The van der Waals surface area contributed by atoms with Crippen LogP contribution < -0.4 is 0 Å². The van der Waals surface area contributed by atoms with E-state index in [9.17, 15) is 9.59 Å². The molecule has 1 heterocycles. The van der Waals surface area contributed by atoms with Gasteiger partial charge in [0.25, 0.3) is 0 Å². The summed E-state index contributed by atoms with van der Waals surface area (Å²) in [4.78, 5) is 25.8. The Kier molecular flexibility index (Phi) is 3.66. The molecular formula is C21H28O2S2. The highest BCUT2D eigenvalue weighted by molar-refractivity contribution is 8.21. The number of allylic oxidation sites excluding steroid dienone is 1. The molecule has 0 bridgehead atoms. The minimum absolute atomic E-state index is 0.0575. The molecule has 1 spiro atoms. The summed E-state index contributed by atoms with van der Waals surface area (Å²) in [7, 11) is 0. The molecule has 25 heavy (non-hydrogen) atoms. The maximum atomic E-state index is 13.3. The highest BCUT2D eigenvalue weighted by Crippen LogP contribution is 2.66. The Morgan fingerprint density at radius 2 is 1.76 bits per heavy atom. The number of rotatable bonds is 0. The number of carbonyl (C=O) groups is 2. The summed E-state index contributed by atoms with van der Waals surface area (Å²) in [5.41, 5.74) is 1.29. The number of thioether (sulfide) groups is 2. The molecule has 0 aromatic carbocycles. The fourth-order valence-corrected chi connectivity index (χ4v) is 10.1. The van der Waals surface area contributed by atoms with E-state index in [1.807, 2.05) is 0 Å². The van der Waals surface area contributed by atoms with E-state index >= 15 is 0 Å². The molecule has 0 amide bonds. The maximum absolute atomic E-state index is 13.3. The average molecular weight is 377 g/mol. The summed E-state index contributed by atoms with van der Waals surface area (Å²) in [5, 5.41) is 0. The fourth-order valence-electron chi connectivity index (χ4n) is 6.98. The van der Waals surface area contributed by atoms with Crippen molar-refractivity contribution >= 4 is 35.1 Å². The van der Waals surface area contributed by atoms with Crippen molar-refractivity contribution < 1.29 is 9.59 Å². The second-order valence-corrected chi connectivity index (χ2v) is 12.5. The van der Waals surface area contributed by atoms with Crippen LogP contribution >= 0.6 is 23.5 Å². The van der Waals surface area contributed by atoms with Gasteiger partial charge in [-0.05, 0) is 49.4 Å². The second-order valence-electron chi connectivity index (χ2n) is 9.40. The SMILES string of the molecule is C[C@]12CCC3(C=C1CC[C@@H]1[C@@H]2C(=O)C[C@]2(C)C(=O)CC[C@@H]12)SCCS3. The Labute approximate surface area is 159 Å². The first-order valence-electron chi connectivity index (χ1n) is 9.94. The van der Waals surface area contributed by atoms with E-state index < -0.39 is 0 Å². The Morgan fingerprint density at radius 1 is 1.00 bits per heavy atom. The lowest BCUT2D eigenvalue weighted by molar-refractivity contribution is -0.149. The van der Waals surface area contributed by atoms with Gasteiger partial charge in [0, 0.05) is 35.7 Å². The van der Waals surface area contributed by atoms with Crippen LogP contribution in [0.3, 0.4) is 0 Å². The lowest BCUT2D eigenvalue weighted by Gasteiger charge is -2.57. The number of hydrogen-bond acceptors (Lipinski definition) is 4. The lowest BCUT2D eigenvalue weighted by Crippen LogP contribution is -2.55. The standard InChI is InChI=1S/C21H28O2S2/c1-19-7-8-21(24-9-10-25-21)11-13(19)3-4-14-15-5-6-17(23)20(15,2)12-16(22)18(14)19/h11,14-15,18H,3-10,12H2,1-2H3/t14-,15-,18+,19-,20-/m0/s1. The van der Waals surface area contributed by atoms with E-state index in [1.165, 1.54) is 17.9 Å². The van der Waals surface area contributed by atoms with Crippen LogP contribution in [-0.4, -0.2) is 27.2 Å². The lowest BCUT2D eigenvalue weighted by atomic mass is 9.47. The number of Topliss-reactive ketones (excluding diaryl/α,β-unsaturated/α-hetero) is 2. The van der Waals surface area contributed by atoms with Gasteiger partial charge >= 0.3 is 0 Å². The predicted octanol–water partition coefficient (Wildman–Crippen LogP) is 4.87. The molecular weight excluding hydrogens is 348 g/mol. The highest BCUT2D eigenvalue weighted by atomic mass is 32.2. The van der Waals surface area contributed by atoms with E-state index in [-0.39, 0.29) is 16.7 Å². The fraction of sp³-hybridized carbons (Fsp3) is 0.810. The molecule has 2 nitrogen and oxygen atoms in total. The van der Waals surface area contributed by atoms with Gasteiger partial charge in [-0.2, -0.15) is 0 Å². The van der Waals surface area contributed by atoms with Crippen molar-refractivity contribution in [3.05, 3.63) is 11.6 Å². The van der Waals surface area contributed by atoms with Gasteiger partial charge in [-0.1, -0.05) is 25.5 Å². The number of carbonyl (C=O) groups excluding carboxylic acids is 2. The zero-order chi connectivity index (χ0) is 17.4. The van der Waals surface area contributed by atoms with Crippen LogP contribution in [0.15, 0.2) is 11.6 Å². The Hall–Kier alpha value is -0.220. The molecule has 4 heteroatoms. The summed E-state index contributed by atoms with van der Waals surface area (Å²) in [5.74, 6) is 4.35. The van der Waals surface area contributed by atoms with Crippen molar-refractivity contribution in [2.45, 2.75) is 62.9 Å². The third-order valence-electron chi connectivity index (χ3n) is 8.30. The summed E-state index contributed by atoms with van der Waals surface area (Å²) in [6.07, 6.45) is 9.45. The Balaban J connectivity index is 1.53. The van der Waals surface area contributed by atoms with Gasteiger partial charge in [0.15, 0.2) is 0 Å². The topological polar surface area (TPSA) is 34.1 Å². The van der Waals surface area contributed by atoms with Gasteiger partial charge in [0.05, 0.1) is 4.08 Å². The smallest absolute Gasteiger partial charge is 0.139 e. The molecule has 5 rings (SSSR count). The van der Waals surface area contributed by atoms with Crippen molar-refractivity contribution in [2.75, 3.05) is 11.5 Å². The van der Waals surface area contributed by atoms with Crippen molar-refractivity contribution in [1.29, 1.82) is 0 Å². The Morgan fingerprint density at radius 3 is 2.52 bits per heavy atom. The average Bonchev–Trinajstić information content (AvgIpc) is 3.13. The molecule has 1 saturated heterocycles. The van der Waals surface area contributed by atoms with E-state index in [0.29, 0.717) is 40.3 Å². The van der Waals surface area contributed by atoms with Crippen LogP contribution in [0.1, 0.15) is 58.8 Å². The van der Waals surface area contributed by atoms with Gasteiger partial charge in [-0.3, -0.25) is 9.59 Å². The summed E-state index contributed by atoms with van der Waals surface area (Å²) in [6.45, 7) is 4.47. The third-order valence-corrected chi connectivity index (χ3v) is 11.7. The number of fused-ring (bicyclic) bond motifs is 5. The molecule has 4 aliphatic carbocycles. The number of ketones is 2. The summed E-state index contributed by atoms with van der Waals surface area (Å²) >= 11 is 4.24. The van der Waals surface area contributed by atoms with Crippen LogP contribution in [0.2, 0.25) is 0 Å². The molecule has 5 aliphatic rings. The van der Waals surface area contributed by atoms with Crippen LogP contribution in [0.4, 0.5) is 0 Å². The molecule has 5 atom stereocenters. The molecule has 0 unspecified atom stereocenters. The minimum atomic E-state index is -0.344. The van der Waals surface area contributed by atoms with Crippen molar-refractivity contribution in [3.8, 4) is 0 Å². The van der Waals surface area contributed by atoms with Crippen LogP contribution in [0.5, 0.6) is 0 Å². The van der Waals surface area contributed by atoms with E-state index in [2.05, 4.69) is 43.4 Å². The summed E-state index contributed by atoms with van der Waals surface area (Å²) in [6, 6.07) is 0. The first-order valence-corrected chi connectivity index (χ1v) is 11.9. The van der Waals surface area contributed by atoms with Crippen LogP contribution in [-0.2, 0) is 9.59 Å². The van der Waals surface area contributed by atoms with E-state index in [0.717, 1.165) is 25.7 Å². The normalized spacial score (nSPS) is 48.1. The number of hydrogen-bond donors (Lipinski definition) is 0. The zero-order valence-electron chi connectivity index (χ0n) is 15.3. The predicted molar refractivity (Wildman–Crippen MR) is 105 cm³/mol. The van der Waals surface area contributed by atoms with Crippen LogP contribution in [0, 0.1) is 28.6 Å². The molecule has 0 aromatic heterocycles. The Bertz CT molecular complexity index is 677. The first-order chi connectivity index (χ1) is 11.9. The molecule has 3 saturated carbocycles. The quantitative estimate of drug-likeness (QED) is 0.565. The maximum Gasteiger partial charge on any atom is 0.139 e. The van der Waals surface area contributed by atoms with Gasteiger partial charge < -0.3 is 0 Å². The van der Waals surface area contributed by atoms with Crippen LogP contribution in [0.25, 0.3) is 0 Å². The molecule has 1 aliphatic heterocycles. The molecule has 136 valence electrons. The molecule has 4 fully saturated rings. The highest BCUT2D eigenvalue weighted by Gasteiger charge is 2.62. The van der Waals surface area contributed by atoms with E-state index in [1.54, 1.807) is 5.57 Å². The van der Waals surface area contributed by atoms with Gasteiger partial charge in [0.2, 0.25) is 0 Å². The monoisotopic (exact) mass is 376 g/mol. The minimum Gasteiger partial charge on any atom is -0.299 e. The molecule has 0 aromatic rings. The summed E-state index contributed by atoms with van der Waals surface area (Å²) < 4.78 is 0.303. The largest absolute Gasteiger partial charge is 0.299 e. The van der Waals surface area contributed by atoms with Gasteiger partial charge in [-0.15, -0.1) is 23.5 Å². The first kappa shape index (κ1) is 16.9. The third kappa shape index (κ3) is 2.19. The molecule has 0 N–H and O–H groups in total. The van der Waals surface area contributed by atoms with Gasteiger partial charge in [-0.25, -0.2) is 0 Å². The second kappa shape index (κ2) is 5.41. The zero-order valence-corrected chi connectivity index (χ0v) is 16.9. The van der Waals surface area contributed by atoms with E-state index in [4.69, 9.17) is 0 Å². The van der Waals surface area contributed by atoms with Crippen molar-refractivity contribution in [3.63, 3.8) is 0 Å². The molecule has 0 radical (unpaired) electrons. The van der Waals surface area contributed by atoms with Gasteiger partial charge in [0.1, 0.15) is 11.6 Å².